The Morgan fingerprint density at radius 2 is 1.81 bits per heavy atom. The van der Waals surface area contributed by atoms with Crippen LogP contribution < -0.4 is 10.7 Å². The summed E-state index contributed by atoms with van der Waals surface area (Å²) in [5.41, 5.74) is -0.227. The molecule has 1 aliphatic carbocycles. The van der Waals surface area contributed by atoms with Gasteiger partial charge in [-0.1, -0.05) is 6.07 Å². The number of aromatic nitrogens is 4. The average molecular weight is 447 g/mol. The van der Waals surface area contributed by atoms with Crippen LogP contribution in [0.15, 0.2) is 81.7 Å². The Balaban J connectivity index is 1.68. The van der Waals surface area contributed by atoms with Gasteiger partial charge in [-0.2, -0.15) is 5.10 Å². The Hall–Kier alpha value is -3.92. The summed E-state index contributed by atoms with van der Waals surface area (Å²) in [6.45, 7) is 0. The summed E-state index contributed by atoms with van der Waals surface area (Å²) in [5.74, 6) is -0.559. The number of hydrogen-bond donors (Lipinski definition) is 1. The molecule has 1 aromatic carbocycles. The molecule has 0 spiro atoms. The first-order chi connectivity index (χ1) is 15.4. The Bertz CT molecular complexity index is 1510. The van der Waals surface area contributed by atoms with Gasteiger partial charge in [-0.05, 0) is 55.3 Å². The second-order valence-corrected chi connectivity index (χ2v) is 9.35. The smallest absolute Gasteiger partial charge is 0.276 e. The van der Waals surface area contributed by atoms with Gasteiger partial charge in [0.15, 0.2) is 11.3 Å². The summed E-state index contributed by atoms with van der Waals surface area (Å²) in [7, 11) is -3.83. The van der Waals surface area contributed by atoms with Gasteiger partial charge >= 0.3 is 0 Å². The molecule has 4 aromatic rings. The fourth-order valence-electron chi connectivity index (χ4n) is 3.30. The molecule has 1 aliphatic rings. The zero-order valence-corrected chi connectivity index (χ0v) is 17.5. The molecule has 0 unspecified atom stereocenters. The van der Waals surface area contributed by atoms with Crippen LogP contribution in [0.3, 0.4) is 0 Å². The lowest BCUT2D eigenvalue weighted by molar-refractivity contribution is 0.0943. The maximum absolute atomic E-state index is 13.0. The molecule has 1 N–H and O–H groups in total. The van der Waals surface area contributed by atoms with Crippen LogP contribution in [-0.2, 0) is 9.84 Å². The lowest BCUT2D eigenvalue weighted by Gasteiger charge is -2.12. The number of amides is 1. The highest BCUT2D eigenvalue weighted by molar-refractivity contribution is 7.91. The highest BCUT2D eigenvalue weighted by atomic mass is 32.2. The topological polar surface area (TPSA) is 124 Å². The third-order valence-electron chi connectivity index (χ3n) is 5.09. The van der Waals surface area contributed by atoms with Gasteiger partial charge in [-0.3, -0.25) is 14.6 Å². The molecule has 1 amide bonds. The van der Waals surface area contributed by atoms with E-state index in [1.54, 1.807) is 30.3 Å². The number of sulfone groups is 1. The summed E-state index contributed by atoms with van der Waals surface area (Å²) in [6, 6.07) is 12.3. The van der Waals surface area contributed by atoms with Crippen molar-refractivity contribution in [3.63, 3.8) is 0 Å². The molecule has 0 bridgehead atoms. The second kappa shape index (κ2) is 7.65. The summed E-state index contributed by atoms with van der Waals surface area (Å²) in [5, 5.41) is 7.26. The van der Waals surface area contributed by atoms with Gasteiger partial charge in [0.05, 0.1) is 20.9 Å². The van der Waals surface area contributed by atoms with Crippen molar-refractivity contribution in [3.05, 3.63) is 83.0 Å². The van der Waals surface area contributed by atoms with Crippen molar-refractivity contribution in [2.75, 3.05) is 0 Å². The molecule has 1 saturated carbocycles. The minimum absolute atomic E-state index is 0.0246. The lowest BCUT2D eigenvalue weighted by Crippen LogP contribution is -2.33. The number of hydrogen-bond acceptors (Lipinski definition) is 7. The second-order valence-electron chi connectivity index (χ2n) is 7.40. The Morgan fingerprint density at radius 1 is 1.03 bits per heavy atom. The van der Waals surface area contributed by atoms with Gasteiger partial charge in [0.2, 0.25) is 15.3 Å². The molecule has 160 valence electrons. The van der Waals surface area contributed by atoms with Gasteiger partial charge in [-0.15, -0.1) is 0 Å². The van der Waals surface area contributed by atoms with Crippen molar-refractivity contribution in [3.8, 4) is 5.69 Å². The molecule has 1 fully saturated rings. The molecule has 32 heavy (non-hydrogen) atoms. The van der Waals surface area contributed by atoms with Crippen molar-refractivity contribution in [2.45, 2.75) is 28.7 Å². The summed E-state index contributed by atoms with van der Waals surface area (Å²) in [6.07, 6.45) is 6.00. The van der Waals surface area contributed by atoms with Crippen molar-refractivity contribution >= 4 is 26.8 Å². The lowest BCUT2D eigenvalue weighted by atomic mass is 10.2. The molecular weight excluding hydrogens is 430 g/mol. The Labute approximate surface area is 182 Å². The van der Waals surface area contributed by atoms with Gasteiger partial charge in [0, 0.05) is 24.6 Å². The van der Waals surface area contributed by atoms with Crippen LogP contribution in [-0.4, -0.2) is 40.1 Å². The van der Waals surface area contributed by atoms with E-state index in [9.17, 15) is 18.0 Å². The van der Waals surface area contributed by atoms with Gasteiger partial charge < -0.3 is 5.32 Å². The molecule has 10 heteroatoms. The highest BCUT2D eigenvalue weighted by Gasteiger charge is 2.27. The molecule has 0 radical (unpaired) electrons. The standard InChI is InChI=1S/C22H17N5O4S/c28-20-18-7-3-11-24-21(18)27(26-19(20)22(29)25-14-8-9-14)15-4-1-5-16(12-15)32(30,31)17-6-2-10-23-13-17/h1-7,10-14H,8-9H2,(H,25,29). The molecule has 0 aliphatic heterocycles. The van der Waals surface area contributed by atoms with Gasteiger partial charge in [-0.25, -0.2) is 18.1 Å². The maximum Gasteiger partial charge on any atom is 0.276 e. The van der Waals surface area contributed by atoms with E-state index in [4.69, 9.17) is 0 Å². The van der Waals surface area contributed by atoms with E-state index < -0.39 is 21.2 Å². The number of rotatable bonds is 5. The molecule has 5 rings (SSSR count). The summed E-state index contributed by atoms with van der Waals surface area (Å²) < 4.78 is 27.4. The van der Waals surface area contributed by atoms with Crippen molar-refractivity contribution in [1.82, 2.24) is 25.1 Å². The summed E-state index contributed by atoms with van der Waals surface area (Å²) >= 11 is 0. The number of carbonyl (C=O) groups is 1. The monoisotopic (exact) mass is 447 g/mol. The van der Waals surface area contributed by atoms with Crippen LogP contribution in [0.2, 0.25) is 0 Å². The fraction of sp³-hybridized carbons (Fsp3) is 0.136. The number of nitrogens with zero attached hydrogens (tertiary/aromatic N) is 4. The number of pyridine rings is 2. The Morgan fingerprint density at radius 3 is 2.56 bits per heavy atom. The van der Waals surface area contributed by atoms with Crippen LogP contribution in [0.1, 0.15) is 23.3 Å². The van der Waals surface area contributed by atoms with E-state index in [0.717, 1.165) is 12.8 Å². The third kappa shape index (κ3) is 3.54. The first-order valence-electron chi connectivity index (χ1n) is 9.89. The van der Waals surface area contributed by atoms with Crippen LogP contribution in [0, 0.1) is 0 Å². The SMILES string of the molecule is O=C(NC1CC1)c1nn(-c2cccc(S(=O)(=O)c3cccnc3)c2)c2ncccc2c1=O. The minimum atomic E-state index is -3.83. The van der Waals surface area contributed by atoms with Crippen LogP contribution in [0.4, 0.5) is 0 Å². The molecule has 0 atom stereocenters. The van der Waals surface area contributed by atoms with Crippen molar-refractivity contribution in [1.29, 1.82) is 0 Å². The van der Waals surface area contributed by atoms with E-state index in [0.29, 0.717) is 5.69 Å². The zero-order chi connectivity index (χ0) is 22.3. The largest absolute Gasteiger partial charge is 0.348 e. The van der Waals surface area contributed by atoms with E-state index >= 15 is 0 Å². The predicted molar refractivity (Wildman–Crippen MR) is 115 cm³/mol. The number of nitrogens with one attached hydrogen (secondary N) is 1. The van der Waals surface area contributed by atoms with Gasteiger partial charge in [0.25, 0.3) is 5.91 Å². The van der Waals surface area contributed by atoms with Crippen LogP contribution in [0.25, 0.3) is 16.7 Å². The fourth-order valence-corrected chi connectivity index (χ4v) is 4.56. The first-order valence-corrected chi connectivity index (χ1v) is 11.4. The molecule has 9 nitrogen and oxygen atoms in total. The van der Waals surface area contributed by atoms with E-state index in [-0.39, 0.29) is 32.6 Å². The molecule has 3 heterocycles. The van der Waals surface area contributed by atoms with Crippen LogP contribution >= 0.6 is 0 Å². The minimum Gasteiger partial charge on any atom is -0.348 e. The quantitative estimate of drug-likeness (QED) is 0.495. The predicted octanol–water partition coefficient (Wildman–Crippen LogP) is 1.90. The Kier molecular flexibility index (Phi) is 4.78. The van der Waals surface area contributed by atoms with Crippen molar-refractivity contribution < 1.29 is 13.2 Å². The van der Waals surface area contributed by atoms with E-state index in [1.165, 1.54) is 41.5 Å². The molecule has 0 saturated heterocycles. The maximum atomic E-state index is 13.0. The van der Waals surface area contributed by atoms with E-state index in [2.05, 4.69) is 20.4 Å². The molecule has 3 aromatic heterocycles. The number of carbonyl (C=O) groups excluding carboxylic acids is 1. The van der Waals surface area contributed by atoms with Gasteiger partial charge in [0.1, 0.15) is 0 Å². The average Bonchev–Trinajstić information content (AvgIpc) is 3.64. The normalized spacial score (nSPS) is 13.8. The highest BCUT2D eigenvalue weighted by Crippen LogP contribution is 2.23. The third-order valence-corrected chi connectivity index (χ3v) is 6.83. The van der Waals surface area contributed by atoms with Crippen LogP contribution in [0.5, 0.6) is 0 Å². The van der Waals surface area contributed by atoms with Crippen molar-refractivity contribution in [2.24, 2.45) is 0 Å². The molecular formula is C22H17N5O4S. The number of benzene rings is 1. The first kappa shape index (κ1) is 20.0. The number of fused-ring (bicyclic) bond motifs is 1. The van der Waals surface area contributed by atoms with E-state index in [1.807, 2.05) is 0 Å². The summed E-state index contributed by atoms with van der Waals surface area (Å²) in [4.78, 5) is 33.7. The zero-order valence-electron chi connectivity index (χ0n) is 16.7.